The molecule has 0 saturated heterocycles. The summed E-state index contributed by atoms with van der Waals surface area (Å²) in [5.41, 5.74) is 3.21. The molecule has 11 heteroatoms. The van der Waals surface area contributed by atoms with Crippen molar-refractivity contribution in [2.75, 3.05) is 18.5 Å². The van der Waals surface area contributed by atoms with Crippen LogP contribution in [0.5, 0.6) is 5.75 Å². The van der Waals surface area contributed by atoms with Crippen molar-refractivity contribution in [3.63, 3.8) is 0 Å². The van der Waals surface area contributed by atoms with E-state index in [1.165, 1.54) is 0 Å². The third-order valence-electron chi connectivity index (χ3n) is 5.91. The molecule has 0 aliphatic heterocycles. The number of nitrogens with zero attached hydrogens (tertiary/aromatic N) is 1. The summed E-state index contributed by atoms with van der Waals surface area (Å²) in [7, 11) is 0. The number of aromatic amines is 1. The van der Waals surface area contributed by atoms with Gasteiger partial charge in [-0.25, -0.2) is 24.3 Å². The van der Waals surface area contributed by atoms with Crippen molar-refractivity contribution in [1.82, 2.24) is 9.97 Å². The van der Waals surface area contributed by atoms with Crippen LogP contribution in [0.1, 0.15) is 35.4 Å². The molecule has 1 unspecified atom stereocenters. The van der Waals surface area contributed by atoms with Crippen LogP contribution in [-0.4, -0.2) is 41.2 Å². The number of anilines is 1. The Balaban J connectivity index is 1.44. The third kappa shape index (κ3) is 7.50. The van der Waals surface area contributed by atoms with Crippen LogP contribution in [-0.2, 0) is 19.4 Å². The van der Waals surface area contributed by atoms with Crippen LogP contribution in [0.15, 0.2) is 73.1 Å². The lowest BCUT2D eigenvalue weighted by Crippen LogP contribution is -2.27. The van der Waals surface area contributed by atoms with Gasteiger partial charge in [-0.3, -0.25) is 0 Å². The smallest absolute Gasteiger partial charge is 0.493 e. The van der Waals surface area contributed by atoms with E-state index in [1.807, 2.05) is 67.6 Å². The number of carbonyl (C=O) groups is 2. The molecule has 0 amide bonds. The van der Waals surface area contributed by atoms with E-state index in [1.54, 1.807) is 12.4 Å². The van der Waals surface area contributed by atoms with Gasteiger partial charge in [0.05, 0.1) is 13.0 Å². The lowest BCUT2D eigenvalue weighted by molar-refractivity contribution is -0.285. The van der Waals surface area contributed by atoms with Crippen LogP contribution < -0.4 is 10.1 Å². The number of benzene rings is 2. The minimum absolute atomic E-state index is 0.358. The molecule has 0 bridgehead atoms. The number of nitrogens with one attached hydrogen (secondary N) is 2. The monoisotopic (exact) mass is 541 g/mol. The van der Waals surface area contributed by atoms with Crippen LogP contribution >= 0.6 is 0 Å². The van der Waals surface area contributed by atoms with Crippen molar-refractivity contribution in [1.29, 1.82) is 0 Å². The first kappa shape index (κ1) is 27.5. The molecule has 0 aliphatic carbocycles. The molecule has 2 aromatic heterocycles. The highest BCUT2D eigenvalue weighted by atomic mass is 19.4. The van der Waals surface area contributed by atoms with Gasteiger partial charge in [-0.05, 0) is 48.7 Å². The number of aromatic nitrogens is 2. The molecular weight excluding hydrogens is 515 g/mol. The minimum Gasteiger partial charge on any atom is -0.493 e. The molecule has 0 fully saturated rings. The Morgan fingerprint density at radius 3 is 2.56 bits per heavy atom. The van der Waals surface area contributed by atoms with Gasteiger partial charge >= 0.3 is 18.1 Å². The molecule has 8 nitrogen and oxygen atoms in total. The molecule has 0 saturated carbocycles. The number of carbonyl (C=O) groups excluding carboxylic acids is 2. The zero-order chi connectivity index (χ0) is 27.8. The Labute approximate surface area is 222 Å². The maximum atomic E-state index is 12.4. The zero-order valence-electron chi connectivity index (χ0n) is 21.0. The Hall–Kier alpha value is -4.54. The Bertz CT molecular complexity index is 1410. The van der Waals surface area contributed by atoms with Crippen LogP contribution in [0.4, 0.5) is 19.0 Å². The SMILES string of the molecule is Cc1ccc(C(CC(=O)OOC(=O)C(F)(F)F)c2c[nH]c3cc(OCCCNc4ccccn4)ccc23)cc1. The zero-order valence-corrected chi connectivity index (χ0v) is 21.0. The van der Waals surface area contributed by atoms with E-state index in [-0.39, 0.29) is 6.42 Å². The van der Waals surface area contributed by atoms with Crippen molar-refractivity contribution < 1.29 is 37.3 Å². The normalized spacial score (nSPS) is 12.1. The van der Waals surface area contributed by atoms with Crippen molar-refractivity contribution in [2.45, 2.75) is 31.9 Å². The van der Waals surface area contributed by atoms with Crippen molar-refractivity contribution in [3.8, 4) is 5.75 Å². The summed E-state index contributed by atoms with van der Waals surface area (Å²) in [5, 5.41) is 4.01. The largest absolute Gasteiger partial charge is 0.495 e. The average Bonchev–Trinajstić information content (AvgIpc) is 3.34. The molecule has 1 atom stereocenters. The molecule has 2 heterocycles. The maximum absolute atomic E-state index is 12.4. The van der Waals surface area contributed by atoms with Gasteiger partial charge in [0.2, 0.25) is 0 Å². The van der Waals surface area contributed by atoms with Crippen LogP contribution in [0, 0.1) is 6.92 Å². The summed E-state index contributed by atoms with van der Waals surface area (Å²) in [5.74, 6) is -2.86. The van der Waals surface area contributed by atoms with E-state index in [0.717, 1.165) is 39.8 Å². The number of hydrogen-bond donors (Lipinski definition) is 2. The van der Waals surface area contributed by atoms with E-state index in [2.05, 4.69) is 25.1 Å². The van der Waals surface area contributed by atoms with E-state index in [0.29, 0.717) is 18.9 Å². The number of fused-ring (bicyclic) bond motifs is 1. The number of hydrogen-bond acceptors (Lipinski definition) is 7. The van der Waals surface area contributed by atoms with Crippen molar-refractivity contribution >= 4 is 28.7 Å². The van der Waals surface area contributed by atoms with Gasteiger partial charge in [0.25, 0.3) is 0 Å². The molecule has 0 radical (unpaired) electrons. The van der Waals surface area contributed by atoms with Gasteiger partial charge in [0.1, 0.15) is 11.6 Å². The van der Waals surface area contributed by atoms with Gasteiger partial charge in [-0.15, -0.1) is 0 Å². The van der Waals surface area contributed by atoms with Gasteiger partial charge < -0.3 is 15.0 Å². The summed E-state index contributed by atoms with van der Waals surface area (Å²) >= 11 is 0. The number of pyridine rings is 1. The second kappa shape index (κ2) is 12.3. The van der Waals surface area contributed by atoms with Gasteiger partial charge in [0, 0.05) is 41.8 Å². The summed E-state index contributed by atoms with van der Waals surface area (Å²) in [6, 6.07) is 18.5. The first-order valence-corrected chi connectivity index (χ1v) is 12.1. The molecule has 39 heavy (non-hydrogen) atoms. The number of halogens is 3. The van der Waals surface area contributed by atoms with Gasteiger partial charge in [-0.2, -0.15) is 13.2 Å². The first-order chi connectivity index (χ1) is 18.7. The number of alkyl halides is 3. The van der Waals surface area contributed by atoms with E-state index < -0.39 is 24.0 Å². The van der Waals surface area contributed by atoms with Gasteiger partial charge in [-0.1, -0.05) is 35.9 Å². The maximum Gasteiger partial charge on any atom is 0.495 e. The lowest BCUT2D eigenvalue weighted by Gasteiger charge is -2.17. The lowest BCUT2D eigenvalue weighted by atomic mass is 9.88. The Morgan fingerprint density at radius 1 is 1.05 bits per heavy atom. The molecular formula is C28H26F3N3O5. The second-order valence-electron chi connectivity index (χ2n) is 8.79. The predicted molar refractivity (Wildman–Crippen MR) is 137 cm³/mol. The molecule has 4 aromatic rings. The molecule has 0 aliphatic rings. The molecule has 0 spiro atoms. The van der Waals surface area contributed by atoms with Crippen LogP contribution in [0.3, 0.4) is 0 Å². The molecule has 2 N–H and O–H groups in total. The quantitative estimate of drug-likeness (QED) is 0.148. The molecule has 204 valence electrons. The average molecular weight is 542 g/mol. The molecule has 2 aromatic carbocycles. The van der Waals surface area contributed by atoms with Crippen molar-refractivity contribution in [2.24, 2.45) is 0 Å². The number of H-pyrrole nitrogens is 1. The topological polar surface area (TPSA) is 103 Å². The summed E-state index contributed by atoms with van der Waals surface area (Å²) in [6.07, 6.45) is -1.44. The van der Waals surface area contributed by atoms with E-state index in [9.17, 15) is 22.8 Å². The Kier molecular flexibility index (Phi) is 8.70. The van der Waals surface area contributed by atoms with E-state index >= 15 is 0 Å². The van der Waals surface area contributed by atoms with E-state index in [4.69, 9.17) is 4.74 Å². The number of rotatable bonds is 10. The number of aryl methyl sites for hydroxylation is 1. The van der Waals surface area contributed by atoms with Crippen molar-refractivity contribution in [3.05, 3.63) is 89.7 Å². The minimum atomic E-state index is -5.27. The summed E-state index contributed by atoms with van der Waals surface area (Å²) in [4.78, 5) is 38.5. The third-order valence-corrected chi connectivity index (χ3v) is 5.91. The van der Waals surface area contributed by atoms with Crippen LogP contribution in [0.25, 0.3) is 10.9 Å². The van der Waals surface area contributed by atoms with Crippen LogP contribution in [0.2, 0.25) is 0 Å². The standard InChI is InChI=1S/C28H26F3N3O5/c1-18-6-8-19(9-7-18)22(16-26(35)38-39-27(36)28(29,30)31)23-17-34-24-15-20(10-11-21(23)24)37-14-4-13-33-25-5-2-3-12-32-25/h2-3,5-12,15,17,22,34H,4,13-14,16H2,1H3,(H,32,33). The summed E-state index contributed by atoms with van der Waals surface area (Å²) < 4.78 is 43.1. The highest BCUT2D eigenvalue weighted by molar-refractivity contribution is 5.86. The predicted octanol–water partition coefficient (Wildman–Crippen LogP) is 5.84. The second-order valence-corrected chi connectivity index (χ2v) is 8.79. The fourth-order valence-corrected chi connectivity index (χ4v) is 3.99. The highest BCUT2D eigenvalue weighted by Gasteiger charge is 2.43. The van der Waals surface area contributed by atoms with Gasteiger partial charge in [0.15, 0.2) is 0 Å². The fourth-order valence-electron chi connectivity index (χ4n) is 3.99. The fraction of sp³-hybridized carbons (Fsp3) is 0.250. The Morgan fingerprint density at radius 2 is 1.85 bits per heavy atom. The number of ether oxygens (including phenoxy) is 1. The first-order valence-electron chi connectivity index (χ1n) is 12.1. The highest BCUT2D eigenvalue weighted by Crippen LogP contribution is 2.35. The molecule has 4 rings (SSSR count). The summed E-state index contributed by atoms with van der Waals surface area (Å²) in [6.45, 7) is 3.08.